The molecule has 1 N–H and O–H groups in total. The normalized spacial score (nSPS) is 29.1. The molecular weight excluding hydrogens is 264 g/mol. The van der Waals surface area contributed by atoms with E-state index in [4.69, 9.17) is 0 Å². The van der Waals surface area contributed by atoms with Crippen molar-refractivity contribution in [1.82, 2.24) is 10.2 Å². The van der Waals surface area contributed by atoms with E-state index in [2.05, 4.69) is 19.2 Å². The molecule has 1 saturated heterocycles. The molecule has 4 heteroatoms. The SMILES string of the molecule is CCC1(C)NC(=O)CN(CC2(CC(C)C)CCCC2)C1=O. The average Bonchev–Trinajstić information content (AvgIpc) is 2.83. The number of piperazine rings is 1. The van der Waals surface area contributed by atoms with Gasteiger partial charge in [0.05, 0.1) is 6.54 Å². The quantitative estimate of drug-likeness (QED) is 0.847. The first kappa shape index (κ1) is 16.3. The Balaban J connectivity index is 2.16. The van der Waals surface area contributed by atoms with E-state index in [1.165, 1.54) is 25.7 Å². The van der Waals surface area contributed by atoms with Crippen LogP contribution in [0.25, 0.3) is 0 Å². The molecule has 0 bridgehead atoms. The lowest BCUT2D eigenvalue weighted by atomic mass is 9.77. The van der Waals surface area contributed by atoms with Crippen LogP contribution >= 0.6 is 0 Å². The first-order valence-electron chi connectivity index (χ1n) is 8.41. The minimum atomic E-state index is -0.715. The first-order chi connectivity index (χ1) is 9.80. The molecule has 4 nitrogen and oxygen atoms in total. The molecule has 2 fully saturated rings. The van der Waals surface area contributed by atoms with Crippen molar-refractivity contribution in [3.63, 3.8) is 0 Å². The zero-order chi connectivity index (χ0) is 15.7. The summed E-state index contributed by atoms with van der Waals surface area (Å²) in [5.74, 6) is 0.714. The molecular formula is C17H30N2O2. The minimum absolute atomic E-state index is 0.0170. The fraction of sp³-hybridized carbons (Fsp3) is 0.882. The smallest absolute Gasteiger partial charge is 0.248 e. The number of rotatable bonds is 5. The van der Waals surface area contributed by atoms with Crippen LogP contribution in [-0.4, -0.2) is 35.3 Å². The second kappa shape index (κ2) is 5.98. The van der Waals surface area contributed by atoms with Crippen LogP contribution in [0.3, 0.4) is 0 Å². The highest BCUT2D eigenvalue weighted by molar-refractivity contribution is 5.97. The number of carbonyl (C=O) groups excluding carboxylic acids is 2. The molecule has 0 aromatic rings. The highest BCUT2D eigenvalue weighted by atomic mass is 16.2. The maximum Gasteiger partial charge on any atom is 0.248 e. The Morgan fingerprint density at radius 1 is 1.24 bits per heavy atom. The van der Waals surface area contributed by atoms with Crippen LogP contribution in [0.5, 0.6) is 0 Å². The topological polar surface area (TPSA) is 49.4 Å². The monoisotopic (exact) mass is 294 g/mol. The second-order valence-electron chi connectivity index (χ2n) is 7.70. The molecule has 2 aliphatic rings. The van der Waals surface area contributed by atoms with E-state index in [1.807, 2.05) is 18.7 Å². The van der Waals surface area contributed by atoms with E-state index in [0.29, 0.717) is 12.3 Å². The van der Waals surface area contributed by atoms with Gasteiger partial charge in [-0.1, -0.05) is 33.6 Å². The number of amides is 2. The highest BCUT2D eigenvalue weighted by Gasteiger charge is 2.45. The summed E-state index contributed by atoms with van der Waals surface area (Å²) in [5, 5.41) is 2.87. The molecule has 2 rings (SSSR count). The molecule has 2 amide bonds. The molecule has 120 valence electrons. The molecule has 1 heterocycles. The number of nitrogens with zero attached hydrogens (tertiary/aromatic N) is 1. The van der Waals surface area contributed by atoms with Crippen LogP contribution in [-0.2, 0) is 9.59 Å². The van der Waals surface area contributed by atoms with E-state index in [0.717, 1.165) is 13.0 Å². The van der Waals surface area contributed by atoms with Gasteiger partial charge >= 0.3 is 0 Å². The number of hydrogen-bond donors (Lipinski definition) is 1. The Bertz CT molecular complexity index is 413. The second-order valence-corrected chi connectivity index (χ2v) is 7.70. The van der Waals surface area contributed by atoms with Crippen LogP contribution in [0.2, 0.25) is 0 Å². The van der Waals surface area contributed by atoms with E-state index < -0.39 is 5.54 Å². The summed E-state index contributed by atoms with van der Waals surface area (Å²) in [6.07, 6.45) is 6.70. The molecule has 1 atom stereocenters. The standard InChI is InChI=1S/C17H30N2O2/c1-5-16(4)15(21)19(11-14(20)18-16)12-17(10-13(2)3)8-6-7-9-17/h13H,5-12H2,1-4H3,(H,18,20). The molecule has 21 heavy (non-hydrogen) atoms. The Kier molecular flexibility index (Phi) is 4.64. The first-order valence-corrected chi connectivity index (χ1v) is 8.41. The molecule has 0 spiro atoms. The fourth-order valence-corrected chi connectivity index (χ4v) is 4.18. The van der Waals surface area contributed by atoms with E-state index in [1.54, 1.807) is 0 Å². The summed E-state index contributed by atoms with van der Waals surface area (Å²) in [7, 11) is 0. The van der Waals surface area contributed by atoms with Gasteiger partial charge in [-0.3, -0.25) is 9.59 Å². The predicted molar refractivity (Wildman–Crippen MR) is 83.8 cm³/mol. The predicted octanol–water partition coefficient (Wildman–Crippen LogP) is 2.72. The van der Waals surface area contributed by atoms with Crippen LogP contribution in [0.15, 0.2) is 0 Å². The molecule has 1 unspecified atom stereocenters. The fourth-order valence-electron chi connectivity index (χ4n) is 4.18. The van der Waals surface area contributed by atoms with Crippen LogP contribution in [0.4, 0.5) is 0 Å². The number of nitrogens with one attached hydrogen (secondary N) is 1. The van der Waals surface area contributed by atoms with Crippen molar-refractivity contribution in [3.8, 4) is 0 Å². The van der Waals surface area contributed by atoms with Gasteiger partial charge in [-0.15, -0.1) is 0 Å². The van der Waals surface area contributed by atoms with Gasteiger partial charge in [0, 0.05) is 6.54 Å². The van der Waals surface area contributed by atoms with Gasteiger partial charge in [0.15, 0.2) is 0 Å². The summed E-state index contributed by atoms with van der Waals surface area (Å²) in [6, 6.07) is 0. The van der Waals surface area contributed by atoms with Crippen molar-refractivity contribution in [1.29, 1.82) is 0 Å². The van der Waals surface area contributed by atoms with Crippen molar-refractivity contribution >= 4 is 11.8 Å². The Labute approximate surface area is 128 Å². The van der Waals surface area contributed by atoms with Gasteiger partial charge in [0.1, 0.15) is 5.54 Å². The molecule has 1 saturated carbocycles. The third-order valence-corrected chi connectivity index (χ3v) is 5.25. The lowest BCUT2D eigenvalue weighted by Gasteiger charge is -2.43. The maximum absolute atomic E-state index is 12.8. The summed E-state index contributed by atoms with van der Waals surface area (Å²) in [5.41, 5.74) is -0.483. The van der Waals surface area contributed by atoms with Crippen LogP contribution in [0, 0.1) is 11.3 Å². The largest absolute Gasteiger partial charge is 0.340 e. The van der Waals surface area contributed by atoms with Crippen molar-refractivity contribution < 1.29 is 9.59 Å². The Hall–Kier alpha value is -1.06. The van der Waals surface area contributed by atoms with Gasteiger partial charge < -0.3 is 10.2 Å². The van der Waals surface area contributed by atoms with Crippen molar-refractivity contribution in [2.24, 2.45) is 11.3 Å². The molecule has 1 aliphatic heterocycles. The van der Waals surface area contributed by atoms with E-state index in [9.17, 15) is 9.59 Å². The molecule has 0 aromatic carbocycles. The minimum Gasteiger partial charge on any atom is -0.340 e. The summed E-state index contributed by atoms with van der Waals surface area (Å²) in [4.78, 5) is 26.6. The molecule has 0 aromatic heterocycles. The Morgan fingerprint density at radius 2 is 1.86 bits per heavy atom. The van der Waals surface area contributed by atoms with Crippen molar-refractivity contribution in [3.05, 3.63) is 0 Å². The number of carbonyl (C=O) groups is 2. The Morgan fingerprint density at radius 3 is 2.38 bits per heavy atom. The molecule has 0 radical (unpaired) electrons. The third-order valence-electron chi connectivity index (χ3n) is 5.25. The van der Waals surface area contributed by atoms with Crippen molar-refractivity contribution in [2.75, 3.05) is 13.1 Å². The van der Waals surface area contributed by atoms with Crippen LogP contribution < -0.4 is 5.32 Å². The van der Waals surface area contributed by atoms with Gasteiger partial charge in [-0.05, 0) is 43.9 Å². The summed E-state index contributed by atoms with van der Waals surface area (Å²) >= 11 is 0. The number of hydrogen-bond acceptors (Lipinski definition) is 2. The zero-order valence-corrected chi connectivity index (χ0v) is 14.0. The summed E-state index contributed by atoms with van der Waals surface area (Å²) < 4.78 is 0. The van der Waals surface area contributed by atoms with E-state index >= 15 is 0 Å². The van der Waals surface area contributed by atoms with Crippen LogP contribution in [0.1, 0.15) is 66.2 Å². The van der Waals surface area contributed by atoms with Crippen molar-refractivity contribution in [2.45, 2.75) is 71.8 Å². The van der Waals surface area contributed by atoms with Gasteiger partial charge in [0.2, 0.25) is 11.8 Å². The average molecular weight is 294 g/mol. The maximum atomic E-state index is 12.8. The molecule has 1 aliphatic carbocycles. The summed E-state index contributed by atoms with van der Waals surface area (Å²) in [6.45, 7) is 9.30. The lowest BCUT2D eigenvalue weighted by molar-refractivity contribution is -0.151. The zero-order valence-electron chi connectivity index (χ0n) is 14.0. The van der Waals surface area contributed by atoms with Gasteiger partial charge in [-0.25, -0.2) is 0 Å². The van der Waals surface area contributed by atoms with Gasteiger partial charge in [-0.2, -0.15) is 0 Å². The third kappa shape index (κ3) is 3.41. The lowest BCUT2D eigenvalue weighted by Crippen LogP contribution is -2.66. The van der Waals surface area contributed by atoms with Gasteiger partial charge in [0.25, 0.3) is 0 Å². The highest BCUT2D eigenvalue weighted by Crippen LogP contribution is 2.44. The van der Waals surface area contributed by atoms with E-state index in [-0.39, 0.29) is 23.8 Å².